The minimum Gasteiger partial charge on any atom is -0.442 e. The summed E-state index contributed by atoms with van der Waals surface area (Å²) in [5.74, 6) is 1.68. The van der Waals surface area contributed by atoms with Crippen molar-refractivity contribution in [2.45, 2.75) is 45.1 Å². The normalized spacial score (nSPS) is 22.9. The van der Waals surface area contributed by atoms with Crippen LogP contribution in [0.3, 0.4) is 0 Å². The Morgan fingerprint density at radius 1 is 1.43 bits per heavy atom. The fourth-order valence-electron chi connectivity index (χ4n) is 1.58. The maximum Gasteiger partial charge on any atom is 0.199 e. The van der Waals surface area contributed by atoms with E-state index in [1.165, 1.54) is 0 Å². The lowest BCUT2D eigenvalue weighted by atomic mass is 9.97. The molecule has 2 rings (SSSR count). The number of aromatic nitrogens is 1. The molecular formula is C11H17NO2. The first-order valence-corrected chi connectivity index (χ1v) is 5.15. The summed E-state index contributed by atoms with van der Waals surface area (Å²) in [6.07, 6.45) is 4.12. The van der Waals surface area contributed by atoms with Crippen LogP contribution >= 0.6 is 0 Å². The molecule has 0 N–H and O–H groups in total. The van der Waals surface area contributed by atoms with Crippen LogP contribution in [-0.4, -0.2) is 11.6 Å². The van der Waals surface area contributed by atoms with Gasteiger partial charge in [-0.2, -0.15) is 0 Å². The molecule has 0 aromatic carbocycles. The summed E-state index contributed by atoms with van der Waals surface area (Å²) >= 11 is 0. The minimum absolute atomic E-state index is 0.0170. The van der Waals surface area contributed by atoms with Crippen molar-refractivity contribution in [2.75, 3.05) is 6.61 Å². The number of rotatable bonds is 1. The molecule has 1 aliphatic heterocycles. The summed E-state index contributed by atoms with van der Waals surface area (Å²) in [6, 6.07) is 0. The SMILES string of the molecule is CC(C)(C)c1ncc(C2CCCO2)o1. The van der Waals surface area contributed by atoms with Gasteiger partial charge in [0.15, 0.2) is 11.7 Å². The maximum absolute atomic E-state index is 5.70. The van der Waals surface area contributed by atoms with Crippen molar-refractivity contribution in [3.05, 3.63) is 17.8 Å². The predicted octanol–water partition coefficient (Wildman–Crippen LogP) is 2.82. The van der Waals surface area contributed by atoms with Crippen LogP contribution in [0.4, 0.5) is 0 Å². The summed E-state index contributed by atoms with van der Waals surface area (Å²) in [5, 5.41) is 0. The number of hydrogen-bond acceptors (Lipinski definition) is 3. The van der Waals surface area contributed by atoms with Crippen LogP contribution < -0.4 is 0 Å². The van der Waals surface area contributed by atoms with Crippen LogP contribution in [0.2, 0.25) is 0 Å². The molecule has 3 nitrogen and oxygen atoms in total. The van der Waals surface area contributed by atoms with Crippen molar-refractivity contribution in [3.63, 3.8) is 0 Å². The molecule has 1 aliphatic rings. The predicted molar refractivity (Wildman–Crippen MR) is 53.1 cm³/mol. The monoisotopic (exact) mass is 195 g/mol. The average molecular weight is 195 g/mol. The molecule has 0 saturated carbocycles. The van der Waals surface area contributed by atoms with Gasteiger partial charge in [0.2, 0.25) is 0 Å². The van der Waals surface area contributed by atoms with E-state index in [2.05, 4.69) is 25.8 Å². The highest BCUT2D eigenvalue weighted by molar-refractivity contribution is 5.05. The molecule has 0 spiro atoms. The van der Waals surface area contributed by atoms with E-state index in [-0.39, 0.29) is 11.5 Å². The Balaban J connectivity index is 2.17. The van der Waals surface area contributed by atoms with Crippen molar-refractivity contribution in [3.8, 4) is 0 Å². The second kappa shape index (κ2) is 3.39. The van der Waals surface area contributed by atoms with Gasteiger partial charge in [-0.3, -0.25) is 0 Å². The number of nitrogens with zero attached hydrogens (tertiary/aromatic N) is 1. The number of hydrogen-bond donors (Lipinski definition) is 0. The third-order valence-corrected chi connectivity index (χ3v) is 2.41. The van der Waals surface area contributed by atoms with Gasteiger partial charge in [-0.15, -0.1) is 0 Å². The molecule has 78 valence electrons. The average Bonchev–Trinajstić information content (AvgIpc) is 2.73. The number of ether oxygens (including phenoxy) is 1. The van der Waals surface area contributed by atoms with Gasteiger partial charge in [0.25, 0.3) is 0 Å². The number of oxazole rings is 1. The van der Waals surface area contributed by atoms with E-state index in [0.717, 1.165) is 31.1 Å². The lowest BCUT2D eigenvalue weighted by molar-refractivity contribution is 0.0913. The third-order valence-electron chi connectivity index (χ3n) is 2.41. The molecule has 14 heavy (non-hydrogen) atoms. The molecule has 0 bridgehead atoms. The van der Waals surface area contributed by atoms with Crippen LogP contribution in [0.5, 0.6) is 0 Å². The zero-order valence-corrected chi connectivity index (χ0v) is 9.04. The van der Waals surface area contributed by atoms with E-state index >= 15 is 0 Å². The zero-order valence-electron chi connectivity index (χ0n) is 9.04. The van der Waals surface area contributed by atoms with Crippen molar-refractivity contribution < 1.29 is 9.15 Å². The molecule has 3 heteroatoms. The Labute approximate surface area is 84.5 Å². The van der Waals surface area contributed by atoms with Crippen molar-refractivity contribution in [1.82, 2.24) is 4.98 Å². The van der Waals surface area contributed by atoms with Crippen molar-refractivity contribution in [1.29, 1.82) is 0 Å². The first-order chi connectivity index (χ1) is 6.57. The molecule has 0 aliphatic carbocycles. The first-order valence-electron chi connectivity index (χ1n) is 5.15. The molecule has 1 unspecified atom stereocenters. The minimum atomic E-state index is -0.0170. The van der Waals surface area contributed by atoms with Crippen molar-refractivity contribution >= 4 is 0 Å². The van der Waals surface area contributed by atoms with E-state index in [0.29, 0.717) is 0 Å². The van der Waals surface area contributed by atoms with Crippen LogP contribution in [-0.2, 0) is 10.2 Å². The summed E-state index contributed by atoms with van der Waals surface area (Å²) in [4.78, 5) is 4.29. The van der Waals surface area contributed by atoms with Crippen LogP contribution in [0.15, 0.2) is 10.6 Å². The molecule has 0 radical (unpaired) electrons. The van der Waals surface area contributed by atoms with Gasteiger partial charge < -0.3 is 9.15 Å². The molecule has 1 aromatic heterocycles. The van der Waals surface area contributed by atoms with Gasteiger partial charge in [0, 0.05) is 12.0 Å². The molecule has 2 heterocycles. The lowest BCUT2D eigenvalue weighted by Gasteiger charge is -2.12. The molecule has 1 saturated heterocycles. The van der Waals surface area contributed by atoms with E-state index in [4.69, 9.17) is 9.15 Å². The van der Waals surface area contributed by atoms with Gasteiger partial charge in [-0.1, -0.05) is 20.8 Å². The van der Waals surface area contributed by atoms with E-state index in [9.17, 15) is 0 Å². The second-order valence-electron chi connectivity index (χ2n) is 4.82. The zero-order chi connectivity index (χ0) is 10.2. The Morgan fingerprint density at radius 2 is 2.21 bits per heavy atom. The third kappa shape index (κ3) is 1.82. The quantitative estimate of drug-likeness (QED) is 0.691. The Kier molecular flexibility index (Phi) is 2.35. The molecular weight excluding hydrogens is 178 g/mol. The molecule has 1 atom stereocenters. The van der Waals surface area contributed by atoms with E-state index in [1.54, 1.807) is 6.20 Å². The largest absolute Gasteiger partial charge is 0.442 e. The highest BCUT2D eigenvalue weighted by atomic mass is 16.5. The molecule has 1 aromatic rings. The fraction of sp³-hybridized carbons (Fsp3) is 0.727. The van der Waals surface area contributed by atoms with E-state index in [1.807, 2.05) is 0 Å². The molecule has 0 amide bonds. The van der Waals surface area contributed by atoms with Crippen molar-refractivity contribution in [2.24, 2.45) is 0 Å². The summed E-state index contributed by atoms with van der Waals surface area (Å²) in [5.41, 5.74) is -0.0170. The van der Waals surface area contributed by atoms with Gasteiger partial charge in [0.05, 0.1) is 6.20 Å². The Bertz CT molecular complexity index is 305. The fourth-order valence-corrected chi connectivity index (χ4v) is 1.58. The summed E-state index contributed by atoms with van der Waals surface area (Å²) in [7, 11) is 0. The van der Waals surface area contributed by atoms with Crippen LogP contribution in [0, 0.1) is 0 Å². The second-order valence-corrected chi connectivity index (χ2v) is 4.82. The Hall–Kier alpha value is -0.830. The molecule has 1 fully saturated rings. The van der Waals surface area contributed by atoms with Crippen LogP contribution in [0.1, 0.15) is 51.4 Å². The highest BCUT2D eigenvalue weighted by Gasteiger charge is 2.25. The smallest absolute Gasteiger partial charge is 0.199 e. The summed E-state index contributed by atoms with van der Waals surface area (Å²) in [6.45, 7) is 7.13. The maximum atomic E-state index is 5.70. The lowest BCUT2D eigenvalue weighted by Crippen LogP contribution is -2.11. The standard InChI is InChI=1S/C11H17NO2/c1-11(2,3)10-12-7-9(14-10)8-5-4-6-13-8/h7-8H,4-6H2,1-3H3. The van der Waals surface area contributed by atoms with Gasteiger partial charge in [-0.05, 0) is 12.8 Å². The highest BCUT2D eigenvalue weighted by Crippen LogP contribution is 2.31. The van der Waals surface area contributed by atoms with Gasteiger partial charge in [-0.25, -0.2) is 4.98 Å². The summed E-state index contributed by atoms with van der Waals surface area (Å²) < 4.78 is 11.2. The van der Waals surface area contributed by atoms with Gasteiger partial charge in [0.1, 0.15) is 6.10 Å². The van der Waals surface area contributed by atoms with Gasteiger partial charge >= 0.3 is 0 Å². The first kappa shape index (κ1) is 9.71. The Morgan fingerprint density at radius 3 is 2.71 bits per heavy atom. The van der Waals surface area contributed by atoms with E-state index < -0.39 is 0 Å². The topological polar surface area (TPSA) is 35.3 Å². The van der Waals surface area contributed by atoms with Crippen LogP contribution in [0.25, 0.3) is 0 Å².